The normalized spacial score (nSPS) is 19.0. The van der Waals surface area contributed by atoms with Gasteiger partial charge in [0.1, 0.15) is 0 Å². The number of guanidine groups is 1. The van der Waals surface area contributed by atoms with E-state index in [0.29, 0.717) is 12.6 Å². The number of hydrogen-bond donors (Lipinski definition) is 2. The Morgan fingerprint density at radius 3 is 2.37 bits per heavy atom. The Morgan fingerprint density at radius 1 is 1.04 bits per heavy atom. The van der Waals surface area contributed by atoms with Crippen molar-refractivity contribution in [2.24, 2.45) is 4.99 Å². The predicted octanol–water partition coefficient (Wildman–Crippen LogP) is 3.70. The lowest BCUT2D eigenvalue weighted by Gasteiger charge is -2.26. The Morgan fingerprint density at radius 2 is 1.70 bits per heavy atom. The van der Waals surface area contributed by atoms with Crippen LogP contribution in [0.5, 0.6) is 0 Å². The summed E-state index contributed by atoms with van der Waals surface area (Å²) in [6.45, 7) is 5.37. The summed E-state index contributed by atoms with van der Waals surface area (Å²) in [5.74, 6) is 1.06. The summed E-state index contributed by atoms with van der Waals surface area (Å²) in [5.41, 5.74) is 1.92. The number of hydrogen-bond acceptors (Lipinski definition) is 2. The molecule has 1 heterocycles. The minimum atomic E-state index is 0.164. The molecule has 3 rings (SSSR count). The van der Waals surface area contributed by atoms with Crippen molar-refractivity contribution in [2.75, 3.05) is 19.6 Å². The van der Waals surface area contributed by atoms with E-state index in [4.69, 9.17) is 4.99 Å². The van der Waals surface area contributed by atoms with Crippen LogP contribution in [0, 0.1) is 0 Å². The molecule has 0 unspecified atom stereocenters. The molecule has 0 bridgehead atoms. The van der Waals surface area contributed by atoms with Gasteiger partial charge in [-0.25, -0.2) is 4.99 Å². The lowest BCUT2D eigenvalue weighted by atomic mass is 9.96. The monoisotopic (exact) mass is 370 g/mol. The molecule has 0 aromatic heterocycles. The fraction of sp³-hybridized carbons (Fsp3) is 0.636. The maximum atomic E-state index is 12.6. The summed E-state index contributed by atoms with van der Waals surface area (Å²) in [5, 5.41) is 6.93. The Balaban J connectivity index is 1.56. The van der Waals surface area contributed by atoms with Gasteiger partial charge in [0, 0.05) is 31.2 Å². The number of benzene rings is 1. The molecule has 27 heavy (non-hydrogen) atoms. The first-order chi connectivity index (χ1) is 13.3. The quantitative estimate of drug-likeness (QED) is 0.614. The third-order valence-corrected chi connectivity index (χ3v) is 5.55. The van der Waals surface area contributed by atoms with Gasteiger partial charge >= 0.3 is 0 Å². The van der Waals surface area contributed by atoms with Gasteiger partial charge in [-0.2, -0.15) is 0 Å². The molecule has 1 saturated carbocycles. The molecule has 2 fully saturated rings. The first-order valence-electron chi connectivity index (χ1n) is 10.7. The summed E-state index contributed by atoms with van der Waals surface area (Å²) >= 11 is 0. The molecule has 2 aliphatic rings. The van der Waals surface area contributed by atoms with Gasteiger partial charge in [0.2, 0.25) is 0 Å². The summed E-state index contributed by atoms with van der Waals surface area (Å²) in [7, 11) is 0. The highest BCUT2D eigenvalue weighted by Gasteiger charge is 2.18. The van der Waals surface area contributed by atoms with Crippen LogP contribution in [-0.2, 0) is 6.54 Å². The van der Waals surface area contributed by atoms with E-state index in [0.717, 1.165) is 49.6 Å². The average molecular weight is 371 g/mol. The third-order valence-electron chi connectivity index (χ3n) is 5.55. The van der Waals surface area contributed by atoms with Gasteiger partial charge in [0.05, 0.1) is 6.54 Å². The van der Waals surface area contributed by atoms with Crippen molar-refractivity contribution in [3.05, 3.63) is 35.4 Å². The number of carbonyl (C=O) groups is 1. The molecule has 1 aromatic carbocycles. The number of likely N-dealkylation sites (tertiary alicyclic amines) is 1. The summed E-state index contributed by atoms with van der Waals surface area (Å²) in [4.78, 5) is 19.3. The van der Waals surface area contributed by atoms with Crippen molar-refractivity contribution < 1.29 is 4.79 Å². The summed E-state index contributed by atoms with van der Waals surface area (Å²) in [6, 6.07) is 8.50. The van der Waals surface area contributed by atoms with Gasteiger partial charge in [0.15, 0.2) is 5.96 Å². The van der Waals surface area contributed by atoms with Crippen molar-refractivity contribution in [2.45, 2.75) is 70.9 Å². The smallest absolute Gasteiger partial charge is 0.253 e. The molecular weight excluding hydrogens is 336 g/mol. The van der Waals surface area contributed by atoms with E-state index in [2.05, 4.69) is 17.6 Å². The fourth-order valence-corrected chi connectivity index (χ4v) is 3.96. The van der Waals surface area contributed by atoms with E-state index in [9.17, 15) is 4.79 Å². The van der Waals surface area contributed by atoms with Crippen LogP contribution in [0.4, 0.5) is 0 Å². The van der Waals surface area contributed by atoms with Crippen LogP contribution in [0.2, 0.25) is 0 Å². The number of nitrogens with one attached hydrogen (secondary N) is 2. The predicted molar refractivity (Wildman–Crippen MR) is 111 cm³/mol. The molecule has 148 valence electrons. The van der Waals surface area contributed by atoms with E-state index in [1.165, 1.54) is 38.5 Å². The number of rotatable bonds is 5. The highest BCUT2D eigenvalue weighted by Crippen LogP contribution is 2.17. The first kappa shape index (κ1) is 19.7. The second-order valence-electron chi connectivity index (χ2n) is 7.72. The Kier molecular flexibility index (Phi) is 7.55. The Hall–Kier alpha value is -2.04. The molecule has 0 radical (unpaired) electrons. The average Bonchev–Trinajstić information content (AvgIpc) is 2.73. The number of carbonyl (C=O) groups excluding carboxylic acids is 1. The van der Waals surface area contributed by atoms with E-state index in [1.54, 1.807) is 0 Å². The lowest BCUT2D eigenvalue weighted by Crippen LogP contribution is -2.44. The van der Waals surface area contributed by atoms with Gasteiger partial charge in [-0.3, -0.25) is 4.79 Å². The van der Waals surface area contributed by atoms with E-state index >= 15 is 0 Å². The molecule has 1 aliphatic carbocycles. The zero-order valence-corrected chi connectivity index (χ0v) is 16.7. The molecule has 1 saturated heterocycles. The maximum absolute atomic E-state index is 12.6. The van der Waals surface area contributed by atoms with E-state index < -0.39 is 0 Å². The maximum Gasteiger partial charge on any atom is 0.253 e. The highest BCUT2D eigenvalue weighted by molar-refractivity contribution is 5.94. The lowest BCUT2D eigenvalue weighted by molar-refractivity contribution is 0.0724. The van der Waals surface area contributed by atoms with Crippen molar-refractivity contribution in [3.8, 4) is 0 Å². The topological polar surface area (TPSA) is 56.7 Å². The number of amides is 1. The largest absolute Gasteiger partial charge is 0.357 e. The van der Waals surface area contributed by atoms with Crippen LogP contribution in [0.25, 0.3) is 0 Å². The number of piperidine rings is 1. The number of aliphatic imine (C=N–C) groups is 1. The Bertz CT molecular complexity index is 614. The van der Waals surface area contributed by atoms with Gasteiger partial charge in [-0.1, -0.05) is 31.4 Å². The van der Waals surface area contributed by atoms with Crippen LogP contribution >= 0.6 is 0 Å². The van der Waals surface area contributed by atoms with Gasteiger partial charge < -0.3 is 15.5 Å². The number of nitrogens with zero attached hydrogens (tertiary/aromatic N) is 2. The fourth-order valence-electron chi connectivity index (χ4n) is 3.96. The van der Waals surface area contributed by atoms with E-state index in [1.807, 2.05) is 29.2 Å². The zero-order chi connectivity index (χ0) is 18.9. The SMILES string of the molecule is CCNC(=NCc1ccc(C(=O)N2CCCCC2)cc1)NC1CCCCC1. The van der Waals surface area contributed by atoms with Crippen LogP contribution < -0.4 is 10.6 Å². The zero-order valence-electron chi connectivity index (χ0n) is 16.7. The molecule has 1 amide bonds. The molecule has 1 aromatic rings. The van der Waals surface area contributed by atoms with Crippen molar-refractivity contribution in [1.82, 2.24) is 15.5 Å². The molecular formula is C22H34N4O. The van der Waals surface area contributed by atoms with Gasteiger partial charge in [-0.05, 0) is 56.7 Å². The second kappa shape index (κ2) is 10.3. The van der Waals surface area contributed by atoms with Crippen LogP contribution in [0.3, 0.4) is 0 Å². The molecule has 2 N–H and O–H groups in total. The van der Waals surface area contributed by atoms with Gasteiger partial charge in [-0.15, -0.1) is 0 Å². The molecule has 5 nitrogen and oxygen atoms in total. The molecule has 0 spiro atoms. The third kappa shape index (κ3) is 5.98. The standard InChI is InChI=1S/C22H34N4O/c1-2-23-22(25-20-9-5-3-6-10-20)24-17-18-11-13-19(14-12-18)21(27)26-15-7-4-8-16-26/h11-14,20H,2-10,15-17H2,1H3,(H2,23,24,25). The Labute approximate surface area is 163 Å². The van der Waals surface area contributed by atoms with Crippen molar-refractivity contribution in [3.63, 3.8) is 0 Å². The van der Waals surface area contributed by atoms with Crippen molar-refractivity contribution in [1.29, 1.82) is 0 Å². The molecule has 0 atom stereocenters. The van der Waals surface area contributed by atoms with Crippen LogP contribution in [0.15, 0.2) is 29.3 Å². The second-order valence-corrected chi connectivity index (χ2v) is 7.72. The van der Waals surface area contributed by atoms with Crippen LogP contribution in [0.1, 0.15) is 74.2 Å². The molecule has 1 aliphatic heterocycles. The minimum Gasteiger partial charge on any atom is -0.357 e. The first-order valence-corrected chi connectivity index (χ1v) is 10.7. The van der Waals surface area contributed by atoms with Crippen molar-refractivity contribution >= 4 is 11.9 Å². The van der Waals surface area contributed by atoms with E-state index in [-0.39, 0.29) is 5.91 Å². The molecule has 5 heteroatoms. The highest BCUT2D eigenvalue weighted by atomic mass is 16.2. The summed E-state index contributed by atoms with van der Waals surface area (Å²) < 4.78 is 0. The van der Waals surface area contributed by atoms with Crippen LogP contribution in [-0.4, -0.2) is 42.4 Å². The van der Waals surface area contributed by atoms with Gasteiger partial charge in [0.25, 0.3) is 5.91 Å². The minimum absolute atomic E-state index is 0.164. The summed E-state index contributed by atoms with van der Waals surface area (Å²) in [6.07, 6.45) is 9.93.